The number of hydrogen-bond donors (Lipinski definition) is 6. The molecule has 4 aromatic carbocycles. The van der Waals surface area contributed by atoms with Crippen molar-refractivity contribution in [3.63, 3.8) is 0 Å². The minimum absolute atomic E-state index is 0. The molecule has 70 heavy (non-hydrogen) atoms. The van der Waals surface area contributed by atoms with E-state index in [-0.39, 0.29) is 80.3 Å². The molecule has 2 atom stereocenters. The number of unbranched alkanes of at least 4 members (excludes halogenated alkanes) is 2. The summed E-state index contributed by atoms with van der Waals surface area (Å²) in [6, 6.07) is 32.8. The van der Waals surface area contributed by atoms with E-state index < -0.39 is 18.9 Å². The van der Waals surface area contributed by atoms with Crippen LogP contribution in [0.1, 0.15) is 144 Å². The van der Waals surface area contributed by atoms with E-state index in [2.05, 4.69) is 182 Å². The van der Waals surface area contributed by atoms with Gasteiger partial charge in [-0.15, -0.1) is 23.7 Å². The Morgan fingerprint density at radius 2 is 0.786 bits per heavy atom. The number of benzene rings is 4. The topological polar surface area (TPSA) is 124 Å². The molecule has 0 aliphatic heterocycles. The molecule has 6 nitrogen and oxygen atoms in total. The van der Waals surface area contributed by atoms with Crippen molar-refractivity contribution in [1.82, 2.24) is 9.97 Å². The first kappa shape index (κ1) is 80.9. The van der Waals surface area contributed by atoms with Gasteiger partial charge in [0.05, 0.1) is 0 Å². The third-order valence-corrected chi connectivity index (χ3v) is 14.0. The summed E-state index contributed by atoms with van der Waals surface area (Å²) in [6.07, 6.45) is 14.1. The first-order valence-corrected chi connectivity index (χ1v) is 36.0. The summed E-state index contributed by atoms with van der Waals surface area (Å²) >= 11 is 4.40. The molecule has 2 heterocycles. The van der Waals surface area contributed by atoms with E-state index in [1.165, 1.54) is 109 Å². The number of nitrogens with two attached hydrogens (primary N) is 2. The number of nitrogens with one attached hydrogen (secondary N) is 2. The number of halogens is 2. The standard InChI is InChI=1S/2C14H19N.2C6H6IN.2C6H10.2CH7OPSi.2CH4.2Y/c2*1-3-7-11-12-9-5-6-10-14(12)15-13(11)8-4-2;2*7-5-3-1-2-4-6(5)8;2*1-3-5-6-4-2;2*1-3-4-2;;;;/h2*5-6,9-10,15H,3-4,7-8H2,1-2H3;2*1-4H,8H2;2*3,5H2,1-2H3;2*2-3H,4H2,1H3;2*1H4;;/p+2. The van der Waals surface area contributed by atoms with Crippen LogP contribution in [0.3, 0.4) is 0 Å². The Hall–Kier alpha value is -0.438. The molecule has 2 aromatic heterocycles. The van der Waals surface area contributed by atoms with Crippen LogP contribution in [-0.2, 0) is 91.1 Å². The van der Waals surface area contributed by atoms with Crippen molar-refractivity contribution in [3.05, 3.63) is 127 Å². The summed E-state index contributed by atoms with van der Waals surface area (Å²) in [5, 5.41) is 2.84. The van der Waals surface area contributed by atoms with Crippen LogP contribution in [0.4, 0.5) is 11.4 Å². The number of nitrogen functional groups attached to an aromatic ring is 2. The fourth-order valence-electron chi connectivity index (χ4n) is 5.96. The van der Waals surface area contributed by atoms with E-state index >= 15 is 0 Å². The molecular weight excluding hydrogens is 1310 g/mol. The average molecular weight is 1410 g/mol. The van der Waals surface area contributed by atoms with Gasteiger partial charge in [-0.2, -0.15) is 0 Å². The molecule has 0 bridgehead atoms. The monoisotopic (exact) mass is 1400 g/mol. The molecule has 0 fully saturated rings. The van der Waals surface area contributed by atoms with Gasteiger partial charge in [0.15, 0.2) is 0 Å². The van der Waals surface area contributed by atoms with Crippen LogP contribution < -0.4 is 11.5 Å². The van der Waals surface area contributed by atoms with E-state index in [0.29, 0.717) is 16.3 Å². The number of H-pyrrole nitrogens is 2. The van der Waals surface area contributed by atoms with Crippen molar-refractivity contribution in [2.45, 2.75) is 147 Å². The maximum atomic E-state index is 8.05. The maximum absolute atomic E-state index is 8.05. The van der Waals surface area contributed by atoms with E-state index in [1.807, 2.05) is 62.4 Å². The number of hydrogen-bond acceptors (Lipinski definition) is 4. The first-order chi connectivity index (χ1) is 32.0. The zero-order valence-electron chi connectivity index (χ0n) is 43.3. The molecule has 14 heteroatoms. The van der Waals surface area contributed by atoms with Gasteiger partial charge in [0.25, 0.3) is 0 Å². The van der Waals surface area contributed by atoms with Crippen LogP contribution >= 0.6 is 61.4 Å². The molecule has 0 aliphatic rings. The smallest absolute Gasteiger partial charge is 0.333 e. The van der Waals surface area contributed by atoms with Crippen LogP contribution in [0.5, 0.6) is 0 Å². The van der Waals surface area contributed by atoms with Gasteiger partial charge in [-0.25, -0.2) is 0 Å². The Kier molecular flexibility index (Phi) is 66.9. The SMILES string of the molecule is C.C.CC#CCCC.CC#CCCC.CCCc1[nH]c2ccccc2c1CCC.CCCc1[nH]c2ccccc2c1CCC.C[PH2+][SiH2]O.C[PH2+][SiH2]O.Nc1ccccc1I.Nc1ccccc1I.[Y].[Y]. The minimum atomic E-state index is -0.492. The van der Waals surface area contributed by atoms with E-state index in [1.54, 1.807) is 0 Å². The van der Waals surface area contributed by atoms with Crippen LogP contribution in [0.2, 0.25) is 0 Å². The van der Waals surface area contributed by atoms with Gasteiger partial charge in [-0.1, -0.05) is 143 Å². The summed E-state index contributed by atoms with van der Waals surface area (Å²) in [6.45, 7) is 21.1. The third-order valence-electron chi connectivity index (χ3n) is 9.08. The van der Waals surface area contributed by atoms with Crippen LogP contribution in [0, 0.1) is 30.8 Å². The predicted octanol–water partition coefficient (Wildman–Crippen LogP) is 14.8. The molecule has 386 valence electrons. The number of para-hydroxylation sites is 4. The van der Waals surface area contributed by atoms with E-state index in [9.17, 15) is 0 Å². The third kappa shape index (κ3) is 39.0. The summed E-state index contributed by atoms with van der Waals surface area (Å²) < 4.78 is 2.23. The van der Waals surface area contributed by atoms with Crippen LogP contribution in [0.25, 0.3) is 21.8 Å². The quantitative estimate of drug-likeness (QED) is 0.0240. The van der Waals surface area contributed by atoms with E-state index in [0.717, 1.165) is 31.4 Å². The van der Waals surface area contributed by atoms with Gasteiger partial charge in [0.2, 0.25) is 0 Å². The average Bonchev–Trinajstić information content (AvgIpc) is 3.87. The number of rotatable bonds is 12. The molecule has 6 aromatic rings. The second-order valence-electron chi connectivity index (χ2n) is 14.8. The van der Waals surface area contributed by atoms with Crippen molar-refractivity contribution in [3.8, 4) is 23.7 Å². The Labute approximate surface area is 514 Å². The van der Waals surface area contributed by atoms with Gasteiger partial charge >= 0.3 is 18.9 Å². The molecule has 6 rings (SSSR count). The minimum Gasteiger partial charge on any atom is -0.406 e. The maximum Gasteiger partial charge on any atom is 0.333 e. The van der Waals surface area contributed by atoms with Gasteiger partial charge in [-0.3, -0.25) is 0 Å². The molecule has 0 aliphatic carbocycles. The zero-order chi connectivity index (χ0) is 49.8. The molecule has 8 N–H and O–H groups in total. The fourth-order valence-corrected chi connectivity index (χ4v) is 6.73. The molecule has 2 radical (unpaired) electrons. The number of fused-ring (bicyclic) bond motifs is 2. The van der Waals surface area contributed by atoms with Gasteiger partial charge < -0.3 is 31.0 Å². The molecule has 2 unspecified atom stereocenters. The summed E-state index contributed by atoms with van der Waals surface area (Å²) in [5.41, 5.74) is 21.3. The Morgan fingerprint density at radius 3 is 1.00 bits per heavy atom. The number of anilines is 2. The summed E-state index contributed by atoms with van der Waals surface area (Å²) in [5.74, 6) is 11.5. The number of aromatic amines is 2. The Bertz CT molecular complexity index is 2020. The summed E-state index contributed by atoms with van der Waals surface area (Å²) in [4.78, 5) is 23.2. The van der Waals surface area contributed by atoms with Crippen molar-refractivity contribution < 1.29 is 75.0 Å². The normalized spacial score (nSPS) is 9.46. The van der Waals surface area contributed by atoms with Crippen molar-refractivity contribution in [2.24, 2.45) is 0 Å². The summed E-state index contributed by atoms with van der Waals surface area (Å²) in [7, 11) is -0.0309. The first-order valence-electron chi connectivity index (χ1n) is 23.7. The number of aromatic nitrogens is 2. The van der Waals surface area contributed by atoms with Crippen LogP contribution in [-0.4, -0.2) is 51.8 Å². The van der Waals surface area contributed by atoms with Crippen molar-refractivity contribution in [1.29, 1.82) is 0 Å². The number of aryl methyl sites for hydroxylation is 4. The Morgan fingerprint density at radius 1 is 0.500 bits per heavy atom. The molecule has 0 saturated heterocycles. The Balaban J connectivity index is -0.000000174. The predicted molar refractivity (Wildman–Crippen MR) is 343 cm³/mol. The van der Waals surface area contributed by atoms with Crippen molar-refractivity contribution in [2.75, 3.05) is 24.8 Å². The second-order valence-corrected chi connectivity index (χ2v) is 26.6. The van der Waals surface area contributed by atoms with Gasteiger partial charge in [-0.05, 0) is 161 Å². The van der Waals surface area contributed by atoms with Gasteiger partial charge in [0.1, 0.15) is 0 Å². The second kappa shape index (κ2) is 57.8. The molecule has 0 spiro atoms. The van der Waals surface area contributed by atoms with Gasteiger partial charge in [0, 0.05) is 143 Å². The molecule has 0 saturated carbocycles. The fraction of sp³-hybridized carbons (Fsp3) is 0.429. The largest absolute Gasteiger partial charge is 0.406 e. The van der Waals surface area contributed by atoms with E-state index in [4.69, 9.17) is 21.1 Å². The van der Waals surface area contributed by atoms with Crippen LogP contribution in [0.15, 0.2) is 97.1 Å². The van der Waals surface area contributed by atoms with Crippen molar-refractivity contribution >= 4 is 113 Å². The zero-order valence-corrected chi connectivity index (χ0v) is 58.4. The molecular formula is C56H94I2N4O2P2Si2Y2+2. The molecule has 0 amide bonds.